The maximum absolute atomic E-state index is 14.6. The molecule has 1 saturated heterocycles. The second-order valence-electron chi connectivity index (χ2n) is 15.7. The highest BCUT2D eigenvalue weighted by Gasteiger charge is 2.66. The third kappa shape index (κ3) is 8.80. The van der Waals surface area contributed by atoms with Crippen LogP contribution in [0.1, 0.15) is 81.8 Å². The molecule has 55 heavy (non-hydrogen) atoms. The van der Waals surface area contributed by atoms with Crippen LogP contribution in [0.25, 0.3) is 0 Å². The SMILES string of the molecule is C=CCOC12Oc3ccc(OCCN4CC4)cc3C3C(CCCCO)C(CCCCO)C=C(C(=NOCC)CC1N(Cc1ccc(F)cc1)C(=O)C1CC1)C32. The summed E-state index contributed by atoms with van der Waals surface area (Å²) in [4.78, 5) is 24.7. The highest BCUT2D eigenvalue weighted by Crippen LogP contribution is 2.62. The molecule has 6 atom stereocenters. The van der Waals surface area contributed by atoms with Crippen LogP contribution >= 0.6 is 0 Å². The number of benzene rings is 2. The lowest BCUT2D eigenvalue weighted by Crippen LogP contribution is -2.70. The number of allylic oxidation sites excluding steroid dienone is 1. The smallest absolute Gasteiger partial charge is 0.239 e. The molecule has 2 aromatic carbocycles. The maximum Gasteiger partial charge on any atom is 0.239 e. The van der Waals surface area contributed by atoms with E-state index >= 15 is 0 Å². The van der Waals surface area contributed by atoms with Crippen molar-refractivity contribution in [1.29, 1.82) is 0 Å². The molecular formula is C44H58FN3O7. The molecule has 2 heterocycles. The molecule has 5 aliphatic rings. The summed E-state index contributed by atoms with van der Waals surface area (Å²) in [6.45, 7) is 10.7. The minimum absolute atomic E-state index is 0.0253. The van der Waals surface area contributed by atoms with Gasteiger partial charge >= 0.3 is 0 Å². The molecule has 3 fully saturated rings. The van der Waals surface area contributed by atoms with Gasteiger partial charge < -0.3 is 34.2 Å². The largest absolute Gasteiger partial charge is 0.492 e. The standard InChI is InChI=1S/C44H58FN3O7/c1-3-24-53-44-40(48(43(51)31-13-14-31)29-30-11-15-33(45)16-12-30)28-38(46-54-4-2)36-26-32(9-5-7-22-49)35(10-6-8-23-50)41(42(36)44)37-27-34(17-18-39(37)55-44)52-25-21-47-19-20-47/h3,11-12,15-18,26-27,31-32,35,40-42,49-50H,1,4-10,13-14,19-25,28-29H2,2H3. The van der Waals surface area contributed by atoms with Gasteiger partial charge in [0.05, 0.1) is 18.2 Å². The second-order valence-corrected chi connectivity index (χ2v) is 15.7. The number of hydrogen-bond donors (Lipinski definition) is 2. The van der Waals surface area contributed by atoms with Gasteiger partial charge in [0, 0.05) is 63.2 Å². The lowest BCUT2D eigenvalue weighted by atomic mass is 9.55. The van der Waals surface area contributed by atoms with Crippen LogP contribution in [0, 0.1) is 29.5 Å². The topological polar surface area (TPSA) is 113 Å². The Bertz CT molecular complexity index is 1690. The van der Waals surface area contributed by atoms with E-state index in [1.165, 1.54) is 12.1 Å². The number of amides is 1. The van der Waals surface area contributed by atoms with Crippen LogP contribution in [-0.4, -0.2) is 96.1 Å². The zero-order chi connectivity index (χ0) is 38.4. The van der Waals surface area contributed by atoms with Crippen molar-refractivity contribution < 1.29 is 38.4 Å². The first-order chi connectivity index (χ1) is 26.9. The number of aliphatic hydroxyl groups excluding tert-OH is 2. The van der Waals surface area contributed by atoms with Gasteiger partial charge in [0.1, 0.15) is 36.6 Å². The average molecular weight is 760 g/mol. The molecular weight excluding hydrogens is 701 g/mol. The lowest BCUT2D eigenvalue weighted by molar-refractivity contribution is -0.258. The fourth-order valence-corrected chi connectivity index (χ4v) is 9.16. The maximum atomic E-state index is 14.6. The van der Waals surface area contributed by atoms with Crippen LogP contribution in [-0.2, 0) is 20.9 Å². The number of carbonyl (C=O) groups excluding carboxylic acids is 1. The molecule has 0 bridgehead atoms. The zero-order valence-corrected chi connectivity index (χ0v) is 32.3. The number of carbonyl (C=O) groups is 1. The molecule has 0 radical (unpaired) electrons. The number of fused-ring (bicyclic) bond motifs is 2. The van der Waals surface area contributed by atoms with E-state index in [0.717, 1.165) is 86.3 Å². The van der Waals surface area contributed by atoms with E-state index in [4.69, 9.17) is 24.2 Å². The first kappa shape index (κ1) is 39.5. The fraction of sp³-hybridized carbons (Fsp3) is 0.591. The van der Waals surface area contributed by atoms with Crippen molar-refractivity contribution in [2.45, 2.75) is 89.0 Å². The second kappa shape index (κ2) is 18.0. The third-order valence-corrected chi connectivity index (χ3v) is 12.0. The third-order valence-electron chi connectivity index (χ3n) is 12.0. The van der Waals surface area contributed by atoms with Crippen molar-refractivity contribution in [2.75, 3.05) is 52.7 Å². The van der Waals surface area contributed by atoms with E-state index in [2.05, 4.69) is 23.6 Å². The number of ether oxygens (including phenoxy) is 3. The summed E-state index contributed by atoms with van der Waals surface area (Å²) >= 11 is 0. The van der Waals surface area contributed by atoms with Crippen LogP contribution in [0.4, 0.5) is 4.39 Å². The number of halogens is 1. The molecule has 2 aromatic rings. The predicted octanol–water partition coefficient (Wildman–Crippen LogP) is 6.61. The summed E-state index contributed by atoms with van der Waals surface area (Å²) in [7, 11) is 0. The molecule has 10 nitrogen and oxygen atoms in total. The van der Waals surface area contributed by atoms with Crippen LogP contribution in [0.15, 0.2) is 71.9 Å². The normalized spacial score (nSPS) is 27.4. The molecule has 1 amide bonds. The number of nitrogens with zero attached hydrogens (tertiary/aromatic N) is 3. The average Bonchev–Trinajstić information content (AvgIpc) is 4.14. The van der Waals surface area contributed by atoms with Gasteiger partial charge in [-0.15, -0.1) is 6.58 Å². The van der Waals surface area contributed by atoms with Crippen molar-refractivity contribution in [3.63, 3.8) is 0 Å². The van der Waals surface area contributed by atoms with Gasteiger partial charge in [0.15, 0.2) is 0 Å². The van der Waals surface area contributed by atoms with E-state index in [-0.39, 0.29) is 67.7 Å². The highest BCUT2D eigenvalue weighted by molar-refractivity contribution is 6.03. The molecule has 2 N–H and O–H groups in total. The monoisotopic (exact) mass is 759 g/mol. The number of hydrogen-bond acceptors (Lipinski definition) is 9. The molecule has 3 aliphatic carbocycles. The van der Waals surface area contributed by atoms with Crippen molar-refractivity contribution >= 4 is 11.6 Å². The van der Waals surface area contributed by atoms with Crippen LogP contribution in [0.5, 0.6) is 11.5 Å². The first-order valence-electron chi connectivity index (χ1n) is 20.5. The minimum Gasteiger partial charge on any atom is -0.492 e. The number of aliphatic hydroxyl groups is 2. The summed E-state index contributed by atoms with van der Waals surface area (Å²) in [5.74, 6) is -0.515. The van der Waals surface area contributed by atoms with Gasteiger partial charge in [0.2, 0.25) is 11.7 Å². The lowest BCUT2D eigenvalue weighted by Gasteiger charge is -2.60. The molecule has 2 aliphatic heterocycles. The quantitative estimate of drug-likeness (QED) is 0.0633. The van der Waals surface area contributed by atoms with Gasteiger partial charge in [0.25, 0.3) is 0 Å². The van der Waals surface area contributed by atoms with Gasteiger partial charge in [-0.25, -0.2) is 4.39 Å². The Balaban J connectivity index is 1.41. The Kier molecular flexibility index (Phi) is 12.9. The Morgan fingerprint density at radius 3 is 2.55 bits per heavy atom. The van der Waals surface area contributed by atoms with E-state index in [9.17, 15) is 19.4 Å². The summed E-state index contributed by atoms with van der Waals surface area (Å²) in [6.07, 6.45) is 10.9. The number of oxime groups is 1. The molecule has 7 rings (SSSR count). The zero-order valence-electron chi connectivity index (χ0n) is 32.3. The Hall–Kier alpha value is -3.77. The van der Waals surface area contributed by atoms with E-state index < -0.39 is 11.8 Å². The minimum atomic E-state index is -1.33. The molecule has 11 heteroatoms. The Morgan fingerprint density at radius 1 is 1.09 bits per heavy atom. The molecule has 2 saturated carbocycles. The fourth-order valence-electron chi connectivity index (χ4n) is 9.16. The number of rotatable bonds is 21. The van der Waals surface area contributed by atoms with Gasteiger partial charge in [-0.1, -0.05) is 42.3 Å². The van der Waals surface area contributed by atoms with E-state index in [0.29, 0.717) is 38.2 Å². The van der Waals surface area contributed by atoms with Crippen molar-refractivity contribution in [1.82, 2.24) is 9.80 Å². The molecule has 298 valence electrons. The van der Waals surface area contributed by atoms with E-state index in [1.54, 1.807) is 18.2 Å². The van der Waals surface area contributed by atoms with Crippen LogP contribution < -0.4 is 9.47 Å². The summed E-state index contributed by atoms with van der Waals surface area (Å²) < 4.78 is 34.9. The van der Waals surface area contributed by atoms with Crippen molar-refractivity contribution in [3.05, 3.63) is 83.7 Å². The highest BCUT2D eigenvalue weighted by atomic mass is 19.1. The Labute approximate surface area is 324 Å². The summed E-state index contributed by atoms with van der Waals surface area (Å²) in [5.41, 5.74) is 3.62. The first-order valence-corrected chi connectivity index (χ1v) is 20.5. The van der Waals surface area contributed by atoms with Gasteiger partial charge in [-0.2, -0.15) is 0 Å². The molecule has 6 unspecified atom stereocenters. The van der Waals surface area contributed by atoms with Gasteiger partial charge in [-0.3, -0.25) is 9.69 Å². The van der Waals surface area contributed by atoms with Gasteiger partial charge in [-0.05, 0) is 98.8 Å². The van der Waals surface area contributed by atoms with Crippen LogP contribution in [0.3, 0.4) is 0 Å². The van der Waals surface area contributed by atoms with Crippen LogP contribution in [0.2, 0.25) is 0 Å². The van der Waals surface area contributed by atoms with E-state index in [1.807, 2.05) is 24.0 Å². The predicted molar refractivity (Wildman–Crippen MR) is 208 cm³/mol. The Morgan fingerprint density at radius 2 is 1.85 bits per heavy atom. The molecule has 0 aromatic heterocycles. The summed E-state index contributed by atoms with van der Waals surface area (Å²) in [5, 5.41) is 24.5. The molecule has 0 spiro atoms. The summed E-state index contributed by atoms with van der Waals surface area (Å²) in [6, 6.07) is 11.8. The number of unbranched alkanes of at least 4 members (excludes halogenated alkanes) is 2. The van der Waals surface area contributed by atoms with Crippen molar-refractivity contribution in [3.8, 4) is 11.5 Å². The van der Waals surface area contributed by atoms with Crippen molar-refractivity contribution in [2.24, 2.45) is 28.8 Å².